The average Bonchev–Trinajstić information content (AvgIpc) is 3.17. The van der Waals surface area contributed by atoms with Gasteiger partial charge in [-0.2, -0.15) is 0 Å². The number of Topliss-reactive ketones (excluding diaryl/α,β-unsaturated/α-hetero) is 1. The molecule has 4 aromatic rings. The number of nitrogens with one attached hydrogen (secondary N) is 3. The molecule has 0 bridgehead atoms. The molecular formula is C46H55N3O9S. The van der Waals surface area contributed by atoms with Crippen LogP contribution in [-0.4, -0.2) is 70.7 Å². The number of benzene rings is 4. The van der Waals surface area contributed by atoms with Crippen LogP contribution in [-0.2, 0) is 30.2 Å². The Hall–Kier alpha value is -5.82. The lowest BCUT2D eigenvalue weighted by Crippen LogP contribution is -2.45. The van der Waals surface area contributed by atoms with Crippen LogP contribution < -0.4 is 20.7 Å². The Bertz CT molecular complexity index is 1880. The Kier molecular flexibility index (Phi) is 16.5. The Labute approximate surface area is 350 Å². The van der Waals surface area contributed by atoms with Gasteiger partial charge in [-0.15, -0.1) is 11.8 Å². The van der Waals surface area contributed by atoms with Crippen molar-refractivity contribution in [3.8, 4) is 5.75 Å². The molecule has 314 valence electrons. The number of amides is 3. The topological polar surface area (TPSA) is 169 Å². The van der Waals surface area contributed by atoms with E-state index in [1.807, 2.05) is 54.6 Å². The number of ketones is 1. The van der Waals surface area contributed by atoms with E-state index in [2.05, 4.69) is 52.3 Å². The summed E-state index contributed by atoms with van der Waals surface area (Å²) < 4.78 is 15.5. The van der Waals surface area contributed by atoms with Crippen LogP contribution in [0.5, 0.6) is 5.75 Å². The first kappa shape index (κ1) is 45.9. The lowest BCUT2D eigenvalue weighted by atomic mass is 9.84. The van der Waals surface area contributed by atoms with Gasteiger partial charge in [-0.3, -0.25) is 4.79 Å². The van der Waals surface area contributed by atoms with Crippen molar-refractivity contribution in [1.29, 1.82) is 0 Å². The lowest BCUT2D eigenvalue weighted by Gasteiger charge is -2.35. The zero-order valence-electron chi connectivity index (χ0n) is 34.5. The summed E-state index contributed by atoms with van der Waals surface area (Å²) in [5.41, 5.74) is 2.34. The molecule has 0 aliphatic carbocycles. The van der Waals surface area contributed by atoms with Gasteiger partial charge in [0.2, 0.25) is 0 Å². The van der Waals surface area contributed by atoms with Gasteiger partial charge in [0.05, 0.1) is 10.8 Å². The van der Waals surface area contributed by atoms with E-state index in [1.54, 1.807) is 65.4 Å². The number of aliphatic carboxylic acids is 1. The van der Waals surface area contributed by atoms with E-state index in [-0.39, 0.29) is 37.3 Å². The van der Waals surface area contributed by atoms with Crippen LogP contribution in [0.2, 0.25) is 0 Å². The fraction of sp³-hybridized carbons (Fsp3) is 0.370. The molecule has 0 heterocycles. The molecule has 0 aromatic heterocycles. The third kappa shape index (κ3) is 14.8. The molecule has 0 saturated carbocycles. The Balaban J connectivity index is 1.37. The van der Waals surface area contributed by atoms with Gasteiger partial charge in [-0.25, -0.2) is 19.2 Å². The van der Waals surface area contributed by atoms with Gasteiger partial charge in [0.25, 0.3) is 0 Å². The number of thioether (sulfide) groups is 1. The molecule has 0 radical (unpaired) electrons. The predicted molar refractivity (Wildman–Crippen MR) is 229 cm³/mol. The van der Waals surface area contributed by atoms with E-state index in [9.17, 15) is 29.1 Å². The van der Waals surface area contributed by atoms with E-state index < -0.39 is 52.3 Å². The summed E-state index contributed by atoms with van der Waals surface area (Å²) in [5.74, 6) is -0.617. The fourth-order valence-corrected chi connectivity index (χ4v) is 7.72. The summed E-state index contributed by atoms with van der Waals surface area (Å²) in [6, 6.07) is 34.9. The number of carboxylic acids is 1. The van der Waals surface area contributed by atoms with Crippen molar-refractivity contribution >= 4 is 41.8 Å². The summed E-state index contributed by atoms with van der Waals surface area (Å²) in [6.07, 6.45) is -1.62. The second-order valence-electron chi connectivity index (χ2n) is 15.9. The minimum Gasteiger partial charge on any atom is -0.480 e. The first-order valence-electron chi connectivity index (χ1n) is 19.5. The van der Waals surface area contributed by atoms with Crippen LogP contribution in [0.25, 0.3) is 0 Å². The van der Waals surface area contributed by atoms with Crippen LogP contribution in [0, 0.1) is 0 Å². The van der Waals surface area contributed by atoms with Crippen molar-refractivity contribution in [1.82, 2.24) is 16.0 Å². The molecule has 59 heavy (non-hydrogen) atoms. The fourth-order valence-electron chi connectivity index (χ4n) is 6.22. The van der Waals surface area contributed by atoms with E-state index in [1.165, 1.54) is 12.1 Å². The van der Waals surface area contributed by atoms with Crippen molar-refractivity contribution in [2.75, 3.05) is 12.3 Å². The highest BCUT2D eigenvalue weighted by atomic mass is 32.2. The summed E-state index contributed by atoms with van der Waals surface area (Å²) in [7, 11) is 0. The van der Waals surface area contributed by atoms with Crippen LogP contribution in [0.3, 0.4) is 0 Å². The van der Waals surface area contributed by atoms with Crippen molar-refractivity contribution in [3.05, 3.63) is 138 Å². The zero-order valence-corrected chi connectivity index (χ0v) is 35.3. The normalized spacial score (nSPS) is 12.6. The van der Waals surface area contributed by atoms with Crippen LogP contribution in [0.4, 0.5) is 14.4 Å². The maximum absolute atomic E-state index is 13.7. The first-order valence-corrected chi connectivity index (χ1v) is 20.5. The van der Waals surface area contributed by atoms with E-state index in [4.69, 9.17) is 14.2 Å². The minimum absolute atomic E-state index is 0.00757. The van der Waals surface area contributed by atoms with Gasteiger partial charge in [-0.05, 0) is 94.5 Å². The summed E-state index contributed by atoms with van der Waals surface area (Å²) in [6.45, 7) is 10.2. The van der Waals surface area contributed by atoms with Crippen molar-refractivity contribution in [3.63, 3.8) is 0 Å². The molecule has 0 saturated heterocycles. The largest absolute Gasteiger partial charge is 0.480 e. The van der Waals surface area contributed by atoms with E-state index in [0.29, 0.717) is 17.7 Å². The quantitative estimate of drug-likeness (QED) is 0.0563. The van der Waals surface area contributed by atoms with E-state index in [0.717, 1.165) is 16.7 Å². The Morgan fingerprint density at radius 2 is 1.08 bits per heavy atom. The average molecular weight is 826 g/mol. The van der Waals surface area contributed by atoms with Gasteiger partial charge in [0.1, 0.15) is 23.0 Å². The van der Waals surface area contributed by atoms with Gasteiger partial charge in [0.15, 0.2) is 5.78 Å². The highest BCUT2D eigenvalue weighted by Crippen LogP contribution is 2.48. The van der Waals surface area contributed by atoms with Gasteiger partial charge in [0, 0.05) is 19.4 Å². The monoisotopic (exact) mass is 825 g/mol. The molecule has 3 amide bonds. The molecule has 4 N–H and O–H groups in total. The molecule has 0 aliphatic heterocycles. The smallest absolute Gasteiger partial charge is 0.412 e. The second-order valence-corrected chi connectivity index (χ2v) is 17.2. The van der Waals surface area contributed by atoms with Crippen LogP contribution in [0.15, 0.2) is 115 Å². The predicted octanol–water partition coefficient (Wildman–Crippen LogP) is 8.65. The summed E-state index contributed by atoms with van der Waals surface area (Å²) in [5, 5.41) is 17.3. The first-order chi connectivity index (χ1) is 27.9. The van der Waals surface area contributed by atoms with E-state index >= 15 is 0 Å². The molecule has 13 heteroatoms. The zero-order chi connectivity index (χ0) is 43.1. The maximum atomic E-state index is 13.7. The number of carboxylic acid groups (broad SMARTS) is 1. The summed E-state index contributed by atoms with van der Waals surface area (Å²) in [4.78, 5) is 63.2. The second kappa shape index (κ2) is 21.3. The highest BCUT2D eigenvalue weighted by Gasteiger charge is 2.37. The molecule has 0 unspecified atom stereocenters. The Morgan fingerprint density at radius 1 is 0.627 bits per heavy atom. The van der Waals surface area contributed by atoms with Crippen molar-refractivity contribution < 1.29 is 43.3 Å². The number of alkyl carbamates (subject to hydrolysis) is 2. The number of carbonyl (C=O) groups is 5. The number of hydrogen-bond donors (Lipinski definition) is 4. The molecule has 0 aliphatic rings. The molecular weight excluding hydrogens is 771 g/mol. The van der Waals surface area contributed by atoms with Crippen molar-refractivity contribution in [2.24, 2.45) is 0 Å². The number of ether oxygens (including phenoxy) is 3. The number of hydrogen-bond acceptors (Lipinski definition) is 9. The lowest BCUT2D eigenvalue weighted by molar-refractivity contribution is -0.139. The van der Waals surface area contributed by atoms with Crippen LogP contribution in [0.1, 0.15) is 83.1 Å². The maximum Gasteiger partial charge on any atom is 0.412 e. The van der Waals surface area contributed by atoms with Gasteiger partial charge >= 0.3 is 24.2 Å². The third-order valence-corrected chi connectivity index (χ3v) is 10.4. The molecule has 2 atom stereocenters. The summed E-state index contributed by atoms with van der Waals surface area (Å²) >= 11 is 1.75. The molecule has 0 fully saturated rings. The van der Waals surface area contributed by atoms with Crippen molar-refractivity contribution in [2.45, 2.75) is 95.3 Å². The molecule has 4 rings (SSSR count). The number of rotatable bonds is 18. The Morgan fingerprint density at radius 3 is 1.53 bits per heavy atom. The molecule has 4 aromatic carbocycles. The SMILES string of the molecule is CC(C)(C)OC(=O)N[C@@H](Cc1ccc(OC(=O)NCC[C@H](NC(=O)OC(C)(C)C)C(=O)CCCSC(c2ccccc2)(c2ccccc2)c2ccccc2)cc1)C(=O)O. The van der Waals surface area contributed by atoms with Gasteiger partial charge in [-0.1, -0.05) is 103 Å². The molecule has 0 spiro atoms. The molecule has 12 nitrogen and oxygen atoms in total. The minimum atomic E-state index is -1.24. The standard InChI is InChI=1S/C46H55N3O9S/c1-44(2,3)57-42(54)48-37(28-29-47-41(53)56-36-26-24-32(25-27-36)31-38(40(51)52)49-43(55)58-45(4,5)6)39(50)23-16-30-59-46(33-17-10-7-11-18-33,34-19-12-8-13-20-34)35-21-14-9-15-22-35/h7-15,17-22,24-27,37-38H,16,23,28-31H2,1-6H3,(H,47,53)(H,48,54)(H,49,55)(H,51,52)/t37-,38-/m0/s1. The van der Waals surface area contributed by atoms with Crippen LogP contribution >= 0.6 is 11.8 Å². The highest BCUT2D eigenvalue weighted by molar-refractivity contribution is 8.00. The third-order valence-electron chi connectivity index (χ3n) is 8.77. The number of carbonyl (C=O) groups excluding carboxylic acids is 4. The van der Waals surface area contributed by atoms with Gasteiger partial charge < -0.3 is 35.3 Å².